The maximum Gasteiger partial charge on any atom is 0.243 e. The number of rotatable bonds is 11. The van der Waals surface area contributed by atoms with Crippen molar-refractivity contribution in [1.29, 1.82) is 0 Å². The molecule has 0 aromatic heterocycles. The maximum absolute atomic E-state index is 13.2. The molecule has 9 nitrogen and oxygen atoms in total. The Morgan fingerprint density at radius 3 is 2.58 bits per heavy atom. The summed E-state index contributed by atoms with van der Waals surface area (Å²) in [5, 5.41) is 8.28. The lowest BCUT2D eigenvalue weighted by atomic mass is 9.92. The van der Waals surface area contributed by atoms with Gasteiger partial charge in [0.2, 0.25) is 23.6 Å². The zero-order chi connectivity index (χ0) is 26.9. The van der Waals surface area contributed by atoms with Crippen molar-refractivity contribution in [3.05, 3.63) is 72.0 Å². The van der Waals surface area contributed by atoms with Crippen molar-refractivity contribution in [2.45, 2.75) is 51.1 Å². The number of nitrogens with one attached hydrogen (secondary N) is 3. The summed E-state index contributed by atoms with van der Waals surface area (Å²) in [5.41, 5.74) is 2.95. The fourth-order valence-corrected chi connectivity index (χ4v) is 4.75. The smallest absolute Gasteiger partial charge is 0.243 e. The normalized spacial score (nSPS) is 19.2. The molecule has 0 saturated carbocycles. The zero-order valence-corrected chi connectivity index (χ0v) is 21.7. The molecule has 4 rings (SSSR count). The number of benzene rings is 1. The summed E-state index contributed by atoms with van der Waals surface area (Å²) in [6.07, 6.45) is 12.0. The predicted molar refractivity (Wildman–Crippen MR) is 145 cm³/mol. The van der Waals surface area contributed by atoms with Crippen molar-refractivity contribution in [2.75, 3.05) is 19.6 Å². The third kappa shape index (κ3) is 7.27. The van der Waals surface area contributed by atoms with Crippen molar-refractivity contribution >= 4 is 29.3 Å². The Morgan fingerprint density at radius 1 is 1.05 bits per heavy atom. The van der Waals surface area contributed by atoms with Crippen LogP contribution in [0.5, 0.6) is 0 Å². The molecule has 4 amide bonds. The average molecular weight is 518 g/mol. The van der Waals surface area contributed by atoms with Gasteiger partial charge in [-0.25, -0.2) is 0 Å². The molecule has 200 valence electrons. The van der Waals surface area contributed by atoms with E-state index in [0.29, 0.717) is 26.1 Å². The second kappa shape index (κ2) is 13.0. The lowest BCUT2D eigenvalue weighted by Gasteiger charge is -2.24. The first-order chi connectivity index (χ1) is 18.4. The standard InChI is InChI=1S/C29H35N5O4/c1-20(28(37)31-19-23-11-7-10-22-14-15-30-27(22)23)32-29(38)24(18-26(36)34-16-5-6-17-34)33-25(35)13-12-21-8-3-2-4-9-21/h2-4,7-11,14-15,20,23-24H,5-6,12-13,16-19H2,1H3,(H,31,37)(H,32,38)(H,33,35)/t20-,23?,24-/m0/s1. The molecule has 3 atom stereocenters. The predicted octanol–water partition coefficient (Wildman–Crippen LogP) is 1.82. The molecule has 1 aromatic carbocycles. The topological polar surface area (TPSA) is 120 Å². The van der Waals surface area contributed by atoms with Gasteiger partial charge in [-0.1, -0.05) is 48.6 Å². The van der Waals surface area contributed by atoms with E-state index >= 15 is 0 Å². The zero-order valence-electron chi connectivity index (χ0n) is 21.7. The Bertz CT molecular complexity index is 1160. The number of nitrogens with zero attached hydrogens (tertiary/aromatic N) is 2. The molecule has 1 unspecified atom stereocenters. The molecular formula is C29H35N5O4. The van der Waals surface area contributed by atoms with Gasteiger partial charge in [0.05, 0.1) is 12.1 Å². The van der Waals surface area contributed by atoms with E-state index in [4.69, 9.17) is 0 Å². The van der Waals surface area contributed by atoms with Crippen LogP contribution < -0.4 is 16.0 Å². The summed E-state index contributed by atoms with van der Waals surface area (Å²) in [4.78, 5) is 57.5. The van der Waals surface area contributed by atoms with E-state index in [1.807, 2.05) is 54.6 Å². The molecule has 1 aromatic rings. The Labute approximate surface area is 223 Å². The molecule has 1 fully saturated rings. The molecular weight excluding hydrogens is 482 g/mol. The number of carbonyl (C=O) groups excluding carboxylic acids is 4. The molecule has 1 aliphatic carbocycles. The Balaban J connectivity index is 1.31. The SMILES string of the molecule is C[C@H](NC(=O)[C@H](CC(=O)N1CCCC1)NC(=O)CCc1ccccc1)C(=O)NCC1C=CC=C2C=CN=C21. The fraction of sp³-hybridized carbons (Fsp3) is 0.414. The lowest BCUT2D eigenvalue weighted by molar-refractivity contribution is -0.136. The first-order valence-corrected chi connectivity index (χ1v) is 13.2. The fourth-order valence-electron chi connectivity index (χ4n) is 4.75. The average Bonchev–Trinajstić information content (AvgIpc) is 3.63. The molecule has 9 heteroatoms. The third-order valence-corrected chi connectivity index (χ3v) is 6.95. The summed E-state index contributed by atoms with van der Waals surface area (Å²) < 4.78 is 0. The van der Waals surface area contributed by atoms with Crippen LogP contribution in [0.2, 0.25) is 0 Å². The minimum absolute atomic E-state index is 0.0495. The third-order valence-electron chi connectivity index (χ3n) is 6.95. The van der Waals surface area contributed by atoms with Crippen LogP contribution >= 0.6 is 0 Å². The number of likely N-dealkylation sites (tertiary alicyclic amines) is 1. The van der Waals surface area contributed by atoms with Gasteiger partial charge in [0.1, 0.15) is 12.1 Å². The van der Waals surface area contributed by atoms with E-state index in [2.05, 4.69) is 20.9 Å². The highest BCUT2D eigenvalue weighted by atomic mass is 16.2. The van der Waals surface area contributed by atoms with Crippen LogP contribution in [0, 0.1) is 5.92 Å². The van der Waals surface area contributed by atoms with Crippen LogP contribution in [0.15, 0.2) is 71.4 Å². The summed E-state index contributed by atoms with van der Waals surface area (Å²) in [6, 6.07) is 7.68. The highest BCUT2D eigenvalue weighted by molar-refractivity contribution is 6.08. The monoisotopic (exact) mass is 517 g/mol. The second-order valence-electron chi connectivity index (χ2n) is 9.82. The molecule has 2 aliphatic heterocycles. The molecule has 0 spiro atoms. The van der Waals surface area contributed by atoms with Crippen molar-refractivity contribution in [2.24, 2.45) is 10.9 Å². The van der Waals surface area contributed by atoms with Gasteiger partial charge in [-0.15, -0.1) is 0 Å². The lowest BCUT2D eigenvalue weighted by Crippen LogP contribution is -2.54. The van der Waals surface area contributed by atoms with Gasteiger partial charge in [0, 0.05) is 38.2 Å². The first-order valence-electron chi connectivity index (χ1n) is 13.2. The van der Waals surface area contributed by atoms with Crippen LogP contribution in [0.4, 0.5) is 0 Å². The second-order valence-corrected chi connectivity index (χ2v) is 9.82. The van der Waals surface area contributed by atoms with E-state index in [1.54, 1.807) is 18.0 Å². The highest BCUT2D eigenvalue weighted by Crippen LogP contribution is 2.21. The molecule has 2 heterocycles. The summed E-state index contributed by atoms with van der Waals surface area (Å²) in [7, 11) is 0. The number of hydrogen-bond donors (Lipinski definition) is 3. The minimum atomic E-state index is -1.06. The Hall–Kier alpha value is -4.01. The Kier molecular flexibility index (Phi) is 9.24. The summed E-state index contributed by atoms with van der Waals surface area (Å²) >= 11 is 0. The minimum Gasteiger partial charge on any atom is -0.353 e. The van der Waals surface area contributed by atoms with Crippen molar-refractivity contribution in [3.8, 4) is 0 Å². The molecule has 1 saturated heterocycles. The van der Waals surface area contributed by atoms with Gasteiger partial charge in [0.25, 0.3) is 0 Å². The number of fused-ring (bicyclic) bond motifs is 1. The summed E-state index contributed by atoms with van der Waals surface area (Å²) in [5.74, 6) is -1.46. The number of amides is 4. The number of carbonyl (C=O) groups is 4. The number of hydrogen-bond acceptors (Lipinski definition) is 5. The van der Waals surface area contributed by atoms with Crippen molar-refractivity contribution in [3.63, 3.8) is 0 Å². The van der Waals surface area contributed by atoms with Crippen LogP contribution in [-0.2, 0) is 25.6 Å². The molecule has 3 N–H and O–H groups in total. The summed E-state index contributed by atoms with van der Waals surface area (Å²) in [6.45, 7) is 3.24. The maximum atomic E-state index is 13.2. The van der Waals surface area contributed by atoms with Gasteiger partial charge in [-0.05, 0) is 43.4 Å². The molecule has 0 bridgehead atoms. The quantitative estimate of drug-likeness (QED) is 0.415. The van der Waals surface area contributed by atoms with Crippen LogP contribution in [0.1, 0.15) is 38.2 Å². The number of aryl methyl sites for hydroxylation is 1. The molecule has 3 aliphatic rings. The van der Waals surface area contributed by atoms with Gasteiger partial charge < -0.3 is 20.9 Å². The molecule has 0 radical (unpaired) electrons. The largest absolute Gasteiger partial charge is 0.353 e. The van der Waals surface area contributed by atoms with Gasteiger partial charge in [0.15, 0.2) is 0 Å². The van der Waals surface area contributed by atoms with E-state index in [1.165, 1.54) is 0 Å². The number of aliphatic imine (C=N–C) groups is 1. The van der Waals surface area contributed by atoms with Gasteiger partial charge in [-0.2, -0.15) is 0 Å². The number of allylic oxidation sites excluding steroid dienone is 4. The van der Waals surface area contributed by atoms with Crippen molar-refractivity contribution < 1.29 is 19.2 Å². The van der Waals surface area contributed by atoms with E-state index in [-0.39, 0.29) is 36.5 Å². The van der Waals surface area contributed by atoms with Crippen molar-refractivity contribution in [1.82, 2.24) is 20.9 Å². The van der Waals surface area contributed by atoms with Gasteiger partial charge in [-0.3, -0.25) is 24.2 Å². The van der Waals surface area contributed by atoms with Crippen LogP contribution in [0.3, 0.4) is 0 Å². The van der Waals surface area contributed by atoms with Gasteiger partial charge >= 0.3 is 0 Å². The van der Waals surface area contributed by atoms with E-state index in [0.717, 1.165) is 29.7 Å². The Morgan fingerprint density at radius 2 is 1.82 bits per heavy atom. The van der Waals surface area contributed by atoms with Crippen LogP contribution in [0.25, 0.3) is 0 Å². The molecule has 38 heavy (non-hydrogen) atoms. The first kappa shape index (κ1) is 27.0. The van der Waals surface area contributed by atoms with E-state index < -0.39 is 18.0 Å². The van der Waals surface area contributed by atoms with Crippen LogP contribution in [-0.4, -0.2) is 66.0 Å². The highest BCUT2D eigenvalue weighted by Gasteiger charge is 2.30. The van der Waals surface area contributed by atoms with E-state index in [9.17, 15) is 19.2 Å².